The number of benzene rings is 3. The van der Waals surface area contributed by atoms with Gasteiger partial charge in [0.15, 0.2) is 0 Å². The van der Waals surface area contributed by atoms with Gasteiger partial charge in [0.25, 0.3) is 0 Å². The Hall–Kier alpha value is -2.93. The second-order valence-electron chi connectivity index (χ2n) is 6.77. The molecule has 0 spiro atoms. The Bertz CT molecular complexity index is 1030. The number of pyridine rings is 1. The molecule has 1 nitrogen and oxygen atoms in total. The Balaban J connectivity index is 1.90. The van der Waals surface area contributed by atoms with Crippen molar-refractivity contribution >= 4 is 10.8 Å². The fraction of sp³-hybridized carbons (Fsp3) is 0.125. The van der Waals surface area contributed by atoms with Crippen LogP contribution in [0.2, 0.25) is 0 Å². The number of hydrogen-bond donors (Lipinski definition) is 0. The molecule has 0 amide bonds. The summed E-state index contributed by atoms with van der Waals surface area (Å²) in [5.74, 6) is 0.622. The van der Waals surface area contributed by atoms with E-state index >= 15 is 0 Å². The van der Waals surface area contributed by atoms with Crippen molar-refractivity contribution in [1.82, 2.24) is 4.98 Å². The first-order valence-corrected chi connectivity index (χ1v) is 8.95. The molecule has 1 fully saturated rings. The molecule has 1 aliphatic carbocycles. The molecule has 1 aromatic heterocycles. The molecule has 1 heteroatoms. The van der Waals surface area contributed by atoms with Crippen molar-refractivity contribution in [3.8, 4) is 22.4 Å². The predicted octanol–water partition coefficient (Wildman–Crippen LogP) is 6.45. The van der Waals surface area contributed by atoms with Crippen LogP contribution in [-0.4, -0.2) is 4.98 Å². The number of fused-ring (bicyclic) bond motifs is 1. The molecule has 0 atom stereocenters. The highest BCUT2D eigenvalue weighted by Crippen LogP contribution is 2.46. The minimum atomic E-state index is 0.622. The summed E-state index contributed by atoms with van der Waals surface area (Å²) < 4.78 is 0. The maximum absolute atomic E-state index is 5.21. The maximum Gasteiger partial charge on any atom is 0.0790 e. The normalized spacial score (nSPS) is 13.9. The second kappa shape index (κ2) is 5.86. The minimum Gasteiger partial charge on any atom is -0.251 e. The minimum absolute atomic E-state index is 0.622. The molecule has 25 heavy (non-hydrogen) atoms. The molecule has 0 radical (unpaired) electrons. The van der Waals surface area contributed by atoms with E-state index in [4.69, 9.17) is 4.98 Å². The van der Waals surface area contributed by atoms with Gasteiger partial charge in [-0.05, 0) is 23.8 Å². The zero-order chi connectivity index (χ0) is 16.6. The van der Waals surface area contributed by atoms with Gasteiger partial charge in [-0.25, -0.2) is 0 Å². The third-order valence-corrected chi connectivity index (χ3v) is 5.02. The molecule has 0 unspecified atom stereocenters. The van der Waals surface area contributed by atoms with Crippen LogP contribution in [0.25, 0.3) is 33.2 Å². The first-order chi connectivity index (χ1) is 12.4. The summed E-state index contributed by atoms with van der Waals surface area (Å²) >= 11 is 0. The molecule has 1 heterocycles. The smallest absolute Gasteiger partial charge is 0.0790 e. The van der Waals surface area contributed by atoms with E-state index in [-0.39, 0.29) is 0 Å². The zero-order valence-corrected chi connectivity index (χ0v) is 14.0. The SMILES string of the molecule is c1ccc(-c2nc(C3CC3)c3ccccc3c2-c2ccccc2)cc1. The summed E-state index contributed by atoms with van der Waals surface area (Å²) in [6.45, 7) is 0. The van der Waals surface area contributed by atoms with Crippen LogP contribution >= 0.6 is 0 Å². The van der Waals surface area contributed by atoms with E-state index in [9.17, 15) is 0 Å². The van der Waals surface area contributed by atoms with Crippen molar-refractivity contribution < 1.29 is 0 Å². The molecule has 5 rings (SSSR count). The van der Waals surface area contributed by atoms with Gasteiger partial charge in [0, 0.05) is 22.4 Å². The number of nitrogens with zero attached hydrogens (tertiary/aromatic N) is 1. The lowest BCUT2D eigenvalue weighted by molar-refractivity contribution is 1.05. The van der Waals surface area contributed by atoms with E-state index in [1.165, 1.54) is 46.0 Å². The zero-order valence-electron chi connectivity index (χ0n) is 14.0. The van der Waals surface area contributed by atoms with Crippen molar-refractivity contribution in [3.63, 3.8) is 0 Å². The molecule has 4 aromatic rings. The van der Waals surface area contributed by atoms with Gasteiger partial charge >= 0.3 is 0 Å². The summed E-state index contributed by atoms with van der Waals surface area (Å²) in [5, 5.41) is 2.62. The van der Waals surface area contributed by atoms with Crippen molar-refractivity contribution in [3.05, 3.63) is 90.6 Å². The predicted molar refractivity (Wildman–Crippen MR) is 105 cm³/mol. The van der Waals surface area contributed by atoms with Gasteiger partial charge < -0.3 is 0 Å². The fourth-order valence-electron chi connectivity index (χ4n) is 3.66. The summed E-state index contributed by atoms with van der Waals surface area (Å²) in [4.78, 5) is 5.21. The monoisotopic (exact) mass is 321 g/mol. The third-order valence-electron chi connectivity index (χ3n) is 5.02. The number of rotatable bonds is 3. The van der Waals surface area contributed by atoms with Crippen molar-refractivity contribution in [2.45, 2.75) is 18.8 Å². The standard InChI is InChI=1S/C24H19N/c1-3-9-17(10-4-1)22-20-13-7-8-14-21(20)23(19-15-16-19)25-24(22)18-11-5-2-6-12-18/h1-14,19H,15-16H2. The number of hydrogen-bond acceptors (Lipinski definition) is 1. The average molecular weight is 321 g/mol. The highest BCUT2D eigenvalue weighted by atomic mass is 14.7. The Morgan fingerprint density at radius 2 is 1.16 bits per heavy atom. The third kappa shape index (κ3) is 2.53. The second-order valence-corrected chi connectivity index (χ2v) is 6.77. The molecule has 0 aliphatic heterocycles. The van der Waals surface area contributed by atoms with Crippen LogP contribution in [-0.2, 0) is 0 Å². The number of aromatic nitrogens is 1. The summed E-state index contributed by atoms with van der Waals surface area (Å²) in [7, 11) is 0. The highest BCUT2D eigenvalue weighted by molar-refractivity contribution is 6.03. The molecular weight excluding hydrogens is 302 g/mol. The van der Waals surface area contributed by atoms with Crippen LogP contribution in [0.1, 0.15) is 24.5 Å². The van der Waals surface area contributed by atoms with E-state index in [1.807, 2.05) is 0 Å². The topological polar surface area (TPSA) is 12.9 Å². The Morgan fingerprint density at radius 3 is 1.80 bits per heavy atom. The van der Waals surface area contributed by atoms with Crippen LogP contribution in [0.3, 0.4) is 0 Å². The molecule has 0 bridgehead atoms. The summed E-state index contributed by atoms with van der Waals surface area (Å²) in [5.41, 5.74) is 6.04. The molecule has 1 aliphatic rings. The fourth-order valence-corrected chi connectivity index (χ4v) is 3.66. The van der Waals surface area contributed by atoms with E-state index < -0.39 is 0 Å². The molecule has 0 saturated heterocycles. The van der Waals surface area contributed by atoms with Gasteiger partial charge in [-0.2, -0.15) is 0 Å². The van der Waals surface area contributed by atoms with Crippen LogP contribution in [0.15, 0.2) is 84.9 Å². The lowest BCUT2D eigenvalue weighted by Gasteiger charge is -2.16. The van der Waals surface area contributed by atoms with Gasteiger partial charge in [-0.1, -0.05) is 84.9 Å². The van der Waals surface area contributed by atoms with Crippen molar-refractivity contribution in [2.24, 2.45) is 0 Å². The lowest BCUT2D eigenvalue weighted by Crippen LogP contribution is -1.97. The molecule has 1 saturated carbocycles. The van der Waals surface area contributed by atoms with Crippen LogP contribution in [0, 0.1) is 0 Å². The lowest BCUT2D eigenvalue weighted by atomic mass is 9.92. The van der Waals surface area contributed by atoms with E-state index in [1.54, 1.807) is 0 Å². The first kappa shape index (κ1) is 14.4. The van der Waals surface area contributed by atoms with Crippen molar-refractivity contribution in [2.75, 3.05) is 0 Å². The van der Waals surface area contributed by atoms with Crippen molar-refractivity contribution in [1.29, 1.82) is 0 Å². The van der Waals surface area contributed by atoms with Gasteiger partial charge in [-0.3, -0.25) is 4.98 Å². The van der Waals surface area contributed by atoms with Crippen LogP contribution in [0.4, 0.5) is 0 Å². The molecular formula is C24H19N. The first-order valence-electron chi connectivity index (χ1n) is 8.95. The van der Waals surface area contributed by atoms with E-state index in [0.717, 1.165) is 5.69 Å². The van der Waals surface area contributed by atoms with Crippen LogP contribution in [0.5, 0.6) is 0 Å². The van der Waals surface area contributed by atoms with Gasteiger partial charge in [0.05, 0.1) is 11.4 Å². The maximum atomic E-state index is 5.21. The average Bonchev–Trinajstić information content (AvgIpc) is 3.53. The van der Waals surface area contributed by atoms with Gasteiger partial charge in [-0.15, -0.1) is 0 Å². The molecule has 0 N–H and O–H groups in total. The van der Waals surface area contributed by atoms with Gasteiger partial charge in [0.2, 0.25) is 0 Å². The van der Waals surface area contributed by atoms with E-state index in [0.29, 0.717) is 5.92 Å². The Kier molecular flexibility index (Phi) is 3.38. The summed E-state index contributed by atoms with van der Waals surface area (Å²) in [6, 6.07) is 30.0. The van der Waals surface area contributed by atoms with E-state index in [2.05, 4.69) is 84.9 Å². The van der Waals surface area contributed by atoms with Crippen LogP contribution < -0.4 is 0 Å². The summed E-state index contributed by atoms with van der Waals surface area (Å²) in [6.07, 6.45) is 2.52. The molecule has 120 valence electrons. The van der Waals surface area contributed by atoms with Gasteiger partial charge in [0.1, 0.15) is 0 Å². The highest BCUT2D eigenvalue weighted by Gasteiger charge is 2.29. The quantitative estimate of drug-likeness (QED) is 0.423. The Morgan fingerprint density at radius 1 is 0.600 bits per heavy atom. The Labute approximate surface area is 148 Å². The molecule has 3 aromatic carbocycles. The largest absolute Gasteiger partial charge is 0.251 e.